The molecule has 1 aromatic carbocycles. The summed E-state index contributed by atoms with van der Waals surface area (Å²) < 4.78 is 40.2. The number of halogens is 3. The van der Waals surface area contributed by atoms with Gasteiger partial charge in [-0.2, -0.15) is 0 Å². The Morgan fingerprint density at radius 3 is 2.30 bits per heavy atom. The lowest BCUT2D eigenvalue weighted by molar-refractivity contribution is -0.274. The minimum Gasteiger partial charge on any atom is -0.406 e. The van der Waals surface area contributed by atoms with Gasteiger partial charge in [0.1, 0.15) is 5.75 Å². The highest BCUT2D eigenvalue weighted by Crippen LogP contribution is 2.23. The highest BCUT2D eigenvalue weighted by Gasteiger charge is 2.31. The number of carbonyl (C=O) groups excluding carboxylic acids is 1. The molecule has 1 saturated heterocycles. The summed E-state index contributed by atoms with van der Waals surface area (Å²) >= 11 is 5.34. The van der Waals surface area contributed by atoms with Crippen molar-refractivity contribution in [1.29, 1.82) is 0 Å². The molecule has 6 nitrogen and oxygen atoms in total. The van der Waals surface area contributed by atoms with Crippen LogP contribution < -0.4 is 15.4 Å². The first-order valence-corrected chi connectivity index (χ1v) is 8.96. The zero-order valence-corrected chi connectivity index (χ0v) is 16.0. The first kappa shape index (κ1) is 21.2. The number of ether oxygens (including phenoxy) is 1. The van der Waals surface area contributed by atoms with E-state index in [0.29, 0.717) is 18.8 Å². The molecule has 1 amide bonds. The second-order valence-electron chi connectivity index (χ2n) is 6.49. The van der Waals surface area contributed by atoms with Gasteiger partial charge in [-0.3, -0.25) is 9.69 Å². The van der Waals surface area contributed by atoms with Crippen LogP contribution in [0.3, 0.4) is 0 Å². The lowest BCUT2D eigenvalue weighted by Gasteiger charge is -2.36. The van der Waals surface area contributed by atoms with E-state index in [1.165, 1.54) is 12.1 Å². The van der Waals surface area contributed by atoms with Crippen molar-refractivity contribution in [1.82, 2.24) is 15.1 Å². The first-order valence-electron chi connectivity index (χ1n) is 8.56. The molecule has 0 atom stereocenters. The summed E-state index contributed by atoms with van der Waals surface area (Å²) in [7, 11) is 0. The van der Waals surface area contributed by atoms with Crippen molar-refractivity contribution < 1.29 is 22.7 Å². The smallest absolute Gasteiger partial charge is 0.406 e. The Morgan fingerprint density at radius 1 is 1.19 bits per heavy atom. The molecule has 0 bridgehead atoms. The van der Waals surface area contributed by atoms with Crippen LogP contribution in [0.5, 0.6) is 5.75 Å². The molecule has 1 fully saturated rings. The molecule has 1 aliphatic rings. The molecule has 0 unspecified atom stereocenters. The molecule has 1 aliphatic heterocycles. The fraction of sp³-hybridized carbons (Fsp3) is 0.529. The summed E-state index contributed by atoms with van der Waals surface area (Å²) in [4.78, 5) is 16.2. The molecular formula is C17H23F3N4O2S. The second-order valence-corrected chi connectivity index (χ2v) is 6.87. The number of nitrogens with zero attached hydrogens (tertiary/aromatic N) is 2. The van der Waals surface area contributed by atoms with Gasteiger partial charge in [0.25, 0.3) is 0 Å². The van der Waals surface area contributed by atoms with Crippen LogP contribution in [0.4, 0.5) is 18.9 Å². The quantitative estimate of drug-likeness (QED) is 0.736. The number of thiocarbonyl (C=S) groups is 1. The van der Waals surface area contributed by atoms with Crippen molar-refractivity contribution in [3.05, 3.63) is 24.3 Å². The van der Waals surface area contributed by atoms with Gasteiger partial charge in [-0.1, -0.05) is 0 Å². The fourth-order valence-electron chi connectivity index (χ4n) is 2.59. The van der Waals surface area contributed by atoms with Crippen molar-refractivity contribution in [3.8, 4) is 5.75 Å². The molecule has 27 heavy (non-hydrogen) atoms. The number of alkyl halides is 3. The van der Waals surface area contributed by atoms with Gasteiger partial charge in [0.2, 0.25) is 5.91 Å². The number of piperazine rings is 1. The second kappa shape index (κ2) is 9.23. The predicted molar refractivity (Wildman–Crippen MR) is 101 cm³/mol. The van der Waals surface area contributed by atoms with Crippen molar-refractivity contribution in [2.45, 2.75) is 26.3 Å². The minimum atomic E-state index is -4.74. The zero-order valence-electron chi connectivity index (χ0n) is 15.2. The van der Waals surface area contributed by atoms with Gasteiger partial charge in [0.15, 0.2) is 5.11 Å². The van der Waals surface area contributed by atoms with E-state index in [4.69, 9.17) is 12.2 Å². The number of carbonyl (C=O) groups is 1. The van der Waals surface area contributed by atoms with E-state index in [2.05, 4.69) is 20.3 Å². The summed E-state index contributed by atoms with van der Waals surface area (Å²) in [5, 5.41) is 6.59. The van der Waals surface area contributed by atoms with Crippen LogP contribution >= 0.6 is 12.2 Å². The maximum absolute atomic E-state index is 12.1. The Labute approximate surface area is 161 Å². The van der Waals surface area contributed by atoms with Crippen LogP contribution in [-0.4, -0.2) is 65.9 Å². The maximum atomic E-state index is 12.1. The Kier molecular flexibility index (Phi) is 7.25. The molecule has 1 aromatic rings. The average molecular weight is 404 g/mol. The summed E-state index contributed by atoms with van der Waals surface area (Å²) in [5.41, 5.74) is 0.412. The number of hydrogen-bond acceptors (Lipinski definition) is 4. The van der Waals surface area contributed by atoms with Gasteiger partial charge < -0.3 is 20.3 Å². The summed E-state index contributed by atoms with van der Waals surface area (Å²) in [6.07, 6.45) is -4.74. The molecule has 1 heterocycles. The summed E-state index contributed by atoms with van der Waals surface area (Å²) in [6.45, 7) is 7.12. The lowest BCUT2D eigenvalue weighted by atomic mass is 10.3. The predicted octanol–water partition coefficient (Wildman–Crippen LogP) is 2.42. The van der Waals surface area contributed by atoms with E-state index in [-0.39, 0.29) is 24.2 Å². The first-order chi connectivity index (χ1) is 12.6. The van der Waals surface area contributed by atoms with Crippen molar-refractivity contribution in [2.24, 2.45) is 0 Å². The monoisotopic (exact) mass is 404 g/mol. The van der Waals surface area contributed by atoms with Gasteiger partial charge >= 0.3 is 6.36 Å². The van der Waals surface area contributed by atoms with Crippen LogP contribution in [0.2, 0.25) is 0 Å². The molecule has 0 saturated carbocycles. The van der Waals surface area contributed by atoms with Crippen LogP contribution in [0.15, 0.2) is 24.3 Å². The molecule has 0 radical (unpaired) electrons. The molecule has 10 heteroatoms. The van der Waals surface area contributed by atoms with Gasteiger partial charge in [0, 0.05) is 37.9 Å². The van der Waals surface area contributed by atoms with Gasteiger partial charge in [-0.05, 0) is 50.3 Å². The van der Waals surface area contributed by atoms with Crippen LogP contribution in [0.25, 0.3) is 0 Å². The van der Waals surface area contributed by atoms with Crippen molar-refractivity contribution >= 4 is 28.9 Å². The third-order valence-electron chi connectivity index (χ3n) is 3.81. The number of nitrogens with one attached hydrogen (secondary N) is 2. The standard InChI is InChI=1S/C17H23F3N4O2S/c1-12(2)21-16(27)24-9-7-23(8-10-24)11-15(25)22-13-3-5-14(6-4-13)26-17(18,19)20/h3-6,12H,7-11H2,1-2H3,(H,21,27)(H,22,25). The maximum Gasteiger partial charge on any atom is 0.573 e. The van der Waals surface area contributed by atoms with Crippen LogP contribution in [0, 0.1) is 0 Å². The number of anilines is 1. The molecule has 0 aliphatic carbocycles. The Balaban J connectivity index is 1.76. The van der Waals surface area contributed by atoms with Crippen molar-refractivity contribution in [3.63, 3.8) is 0 Å². The molecular weight excluding hydrogens is 381 g/mol. The Bertz CT molecular complexity index is 645. The third-order valence-corrected chi connectivity index (χ3v) is 4.19. The van der Waals surface area contributed by atoms with Gasteiger partial charge in [-0.25, -0.2) is 0 Å². The normalized spacial score (nSPS) is 15.6. The fourth-order valence-corrected chi connectivity index (χ4v) is 3.01. The van der Waals surface area contributed by atoms with Crippen molar-refractivity contribution in [2.75, 3.05) is 38.0 Å². The number of benzene rings is 1. The average Bonchev–Trinajstić information content (AvgIpc) is 2.55. The van der Waals surface area contributed by atoms with Gasteiger partial charge in [-0.15, -0.1) is 13.2 Å². The Morgan fingerprint density at radius 2 is 1.78 bits per heavy atom. The van der Waals surface area contributed by atoms with Crippen LogP contribution in [0.1, 0.15) is 13.8 Å². The zero-order chi connectivity index (χ0) is 20.0. The van der Waals surface area contributed by atoms with E-state index in [1.54, 1.807) is 0 Å². The topological polar surface area (TPSA) is 56.8 Å². The van der Waals surface area contributed by atoms with E-state index >= 15 is 0 Å². The lowest BCUT2D eigenvalue weighted by Crippen LogP contribution is -2.53. The van der Waals surface area contributed by atoms with Gasteiger partial charge in [0.05, 0.1) is 6.54 Å². The molecule has 0 aromatic heterocycles. The van der Waals surface area contributed by atoms with Crippen LogP contribution in [-0.2, 0) is 4.79 Å². The SMILES string of the molecule is CC(C)NC(=S)N1CCN(CC(=O)Nc2ccc(OC(F)(F)F)cc2)CC1. The third kappa shape index (κ3) is 7.59. The molecule has 2 N–H and O–H groups in total. The summed E-state index contributed by atoms with van der Waals surface area (Å²) in [6, 6.07) is 5.32. The number of hydrogen-bond donors (Lipinski definition) is 2. The number of rotatable bonds is 5. The highest BCUT2D eigenvalue weighted by molar-refractivity contribution is 7.80. The molecule has 0 spiro atoms. The number of amides is 1. The highest BCUT2D eigenvalue weighted by atomic mass is 32.1. The van der Waals surface area contributed by atoms with E-state index in [0.717, 1.165) is 30.3 Å². The largest absolute Gasteiger partial charge is 0.573 e. The Hall–Kier alpha value is -2.07. The van der Waals surface area contributed by atoms with E-state index in [1.807, 2.05) is 18.7 Å². The summed E-state index contributed by atoms with van der Waals surface area (Å²) in [5.74, 6) is -0.557. The van der Waals surface area contributed by atoms with E-state index < -0.39 is 6.36 Å². The minimum absolute atomic E-state index is 0.207. The molecule has 2 rings (SSSR count). The van der Waals surface area contributed by atoms with E-state index in [9.17, 15) is 18.0 Å². The molecule has 150 valence electrons.